The van der Waals surface area contributed by atoms with Crippen LogP contribution in [0.2, 0.25) is 0 Å². The van der Waals surface area contributed by atoms with Gasteiger partial charge in [-0.05, 0) is 43.6 Å². The molecule has 1 aromatic rings. The summed E-state index contributed by atoms with van der Waals surface area (Å²) in [7, 11) is 0. The standard InChI is InChI=1S/C15H17F3IN/c16-13-7-6-12(14(11-13)15(17,18)19)5-4-10-20-8-2-1-3-9-20/h4-7,11H,1-3,8-10H2/b5-4+. The van der Waals surface area contributed by atoms with E-state index in [0.717, 1.165) is 48.3 Å². The molecule has 1 heterocycles. The van der Waals surface area contributed by atoms with Gasteiger partial charge in [0.15, 0.2) is 0 Å². The number of nitrogens with zero attached hydrogens (tertiary/aromatic N) is 1. The van der Waals surface area contributed by atoms with Crippen LogP contribution in [0.15, 0.2) is 24.3 Å². The van der Waals surface area contributed by atoms with Crippen molar-refractivity contribution in [3.05, 3.63) is 41.2 Å². The highest BCUT2D eigenvalue weighted by molar-refractivity contribution is 14.1. The quantitative estimate of drug-likeness (QED) is 0.523. The second kappa shape index (κ2) is 6.93. The summed E-state index contributed by atoms with van der Waals surface area (Å²) in [6, 6.07) is 3.53. The molecule has 1 nitrogen and oxygen atoms in total. The molecule has 0 radical (unpaired) electrons. The molecule has 1 aromatic carbocycles. The molecule has 0 aromatic heterocycles. The fourth-order valence-electron chi connectivity index (χ4n) is 2.39. The van der Waals surface area contributed by atoms with Crippen molar-refractivity contribution in [3.63, 3.8) is 0 Å². The van der Waals surface area contributed by atoms with Crippen LogP contribution in [0.3, 0.4) is 0 Å². The van der Waals surface area contributed by atoms with Crippen molar-refractivity contribution in [1.29, 1.82) is 0 Å². The number of piperidine rings is 1. The third kappa shape index (κ3) is 4.48. The number of benzene rings is 1. The monoisotopic (exact) mass is 395 g/mol. The van der Waals surface area contributed by atoms with Gasteiger partial charge in [0.05, 0.1) is 0 Å². The molecule has 0 unspecified atom stereocenters. The summed E-state index contributed by atoms with van der Waals surface area (Å²) in [6.07, 6.45) is 7.20. The van der Waals surface area contributed by atoms with E-state index in [2.05, 4.69) is 4.90 Å². The minimum atomic E-state index is -3.06. The molecule has 2 rings (SSSR count). The van der Waals surface area contributed by atoms with E-state index in [1.54, 1.807) is 6.08 Å². The molecule has 0 saturated carbocycles. The van der Waals surface area contributed by atoms with E-state index in [1.165, 1.54) is 31.4 Å². The molecular weight excluding hydrogens is 378 g/mol. The first-order valence-corrected chi connectivity index (χ1v) is 7.80. The van der Waals surface area contributed by atoms with Crippen LogP contribution >= 0.6 is 22.6 Å². The summed E-state index contributed by atoms with van der Waals surface area (Å²) in [5.41, 5.74) is 0.107. The number of hydrogen-bond donors (Lipinski definition) is 0. The van der Waals surface area contributed by atoms with Crippen molar-refractivity contribution < 1.29 is 13.2 Å². The molecule has 1 aliphatic heterocycles. The lowest BCUT2D eigenvalue weighted by Crippen LogP contribution is -2.29. The molecule has 0 spiro atoms. The normalized spacial score (nSPS) is 17.8. The maximum absolute atomic E-state index is 13.5. The second-order valence-corrected chi connectivity index (χ2v) is 6.35. The molecule has 20 heavy (non-hydrogen) atoms. The molecule has 1 aliphatic rings. The fraction of sp³-hybridized carbons (Fsp3) is 0.467. The van der Waals surface area contributed by atoms with E-state index in [1.807, 2.05) is 6.08 Å². The van der Waals surface area contributed by atoms with Gasteiger partial charge in [-0.3, -0.25) is 4.90 Å². The highest BCUT2D eigenvalue weighted by Crippen LogP contribution is 2.38. The van der Waals surface area contributed by atoms with Crippen molar-refractivity contribution in [2.24, 2.45) is 0 Å². The summed E-state index contributed by atoms with van der Waals surface area (Å²) >= 11 is 1.04. The number of likely N-dealkylation sites (tertiary alicyclic amines) is 1. The maximum atomic E-state index is 13.5. The minimum absolute atomic E-state index is 0.270. The molecule has 0 bridgehead atoms. The molecule has 1 saturated heterocycles. The Bertz CT molecular complexity index is 476. The Balaban J connectivity index is 2.08. The zero-order valence-corrected chi connectivity index (χ0v) is 13.2. The lowest BCUT2D eigenvalue weighted by molar-refractivity contribution is 0.127. The molecular formula is C15H17F3IN. The van der Waals surface area contributed by atoms with Crippen LogP contribution < -0.4 is 0 Å². The third-order valence-corrected chi connectivity index (χ3v) is 4.01. The van der Waals surface area contributed by atoms with E-state index in [-0.39, 0.29) is 5.56 Å². The minimum Gasteiger partial charge on any atom is -0.300 e. The smallest absolute Gasteiger partial charge is 0.300 e. The van der Waals surface area contributed by atoms with Crippen LogP contribution in [0.4, 0.5) is 13.2 Å². The van der Waals surface area contributed by atoms with E-state index in [4.69, 9.17) is 0 Å². The molecule has 110 valence electrons. The second-order valence-electron chi connectivity index (χ2n) is 4.99. The van der Waals surface area contributed by atoms with Crippen molar-refractivity contribution >= 4 is 28.7 Å². The van der Waals surface area contributed by atoms with Gasteiger partial charge in [0.2, 0.25) is 0 Å². The van der Waals surface area contributed by atoms with E-state index in [9.17, 15) is 13.2 Å². The van der Waals surface area contributed by atoms with Gasteiger partial charge in [-0.25, -0.2) is 4.39 Å². The highest BCUT2D eigenvalue weighted by atomic mass is 127. The van der Waals surface area contributed by atoms with Gasteiger partial charge in [-0.15, -0.1) is 0 Å². The first-order valence-electron chi connectivity index (χ1n) is 6.72. The first kappa shape index (κ1) is 15.8. The van der Waals surface area contributed by atoms with Crippen LogP contribution in [0.5, 0.6) is 0 Å². The Morgan fingerprint density at radius 3 is 2.55 bits per heavy atom. The zero-order chi connectivity index (χ0) is 14.6. The number of halogens is 4. The number of alkyl halides is 3. The average Bonchev–Trinajstić information content (AvgIpc) is 2.40. The number of rotatable bonds is 4. The predicted octanol–water partition coefficient (Wildman–Crippen LogP) is 4.81. The van der Waals surface area contributed by atoms with Crippen molar-refractivity contribution in [2.45, 2.75) is 23.2 Å². The van der Waals surface area contributed by atoms with Gasteiger partial charge in [0.25, 0.3) is 0 Å². The Labute approximate surface area is 131 Å². The Hall–Kier alpha value is -0.560. The molecule has 1 fully saturated rings. The maximum Gasteiger partial charge on any atom is 0.322 e. The average molecular weight is 395 g/mol. The van der Waals surface area contributed by atoms with E-state index < -0.39 is 9.75 Å². The predicted molar refractivity (Wildman–Crippen MR) is 83.6 cm³/mol. The highest BCUT2D eigenvalue weighted by Gasteiger charge is 2.29. The van der Waals surface area contributed by atoms with E-state index >= 15 is 0 Å². The Morgan fingerprint density at radius 2 is 1.90 bits per heavy atom. The Morgan fingerprint density at radius 1 is 1.20 bits per heavy atom. The fourth-order valence-corrected chi connectivity index (χ4v) is 2.86. The van der Waals surface area contributed by atoms with Crippen LogP contribution in [0, 0.1) is 5.82 Å². The summed E-state index contributed by atoms with van der Waals surface area (Å²) in [5.74, 6) is -0.635. The lowest BCUT2D eigenvalue weighted by atomic mass is 10.1. The van der Waals surface area contributed by atoms with Crippen molar-refractivity contribution in [3.8, 4) is 0 Å². The van der Waals surface area contributed by atoms with Gasteiger partial charge < -0.3 is 0 Å². The third-order valence-electron chi connectivity index (χ3n) is 3.43. The van der Waals surface area contributed by atoms with Crippen LogP contribution in [0.25, 0.3) is 6.08 Å². The SMILES string of the molecule is Fc1ccc(/C=C/CN2CCCCC2)c(C(F)(F)I)c1. The number of hydrogen-bond acceptors (Lipinski definition) is 1. The van der Waals surface area contributed by atoms with Gasteiger partial charge in [-0.2, -0.15) is 8.78 Å². The van der Waals surface area contributed by atoms with Crippen LogP contribution in [-0.2, 0) is 3.93 Å². The molecule has 0 amide bonds. The molecule has 5 heteroatoms. The van der Waals surface area contributed by atoms with Crippen LogP contribution in [0.1, 0.15) is 30.4 Å². The van der Waals surface area contributed by atoms with Crippen LogP contribution in [-0.4, -0.2) is 24.5 Å². The van der Waals surface area contributed by atoms with Crippen molar-refractivity contribution in [2.75, 3.05) is 19.6 Å². The summed E-state index contributed by atoms with van der Waals surface area (Å²) in [6.45, 7) is 2.87. The van der Waals surface area contributed by atoms with E-state index in [0.29, 0.717) is 5.56 Å². The van der Waals surface area contributed by atoms with Gasteiger partial charge in [0, 0.05) is 34.7 Å². The van der Waals surface area contributed by atoms with Crippen molar-refractivity contribution in [1.82, 2.24) is 4.90 Å². The Kier molecular flexibility index (Phi) is 5.49. The summed E-state index contributed by atoms with van der Waals surface area (Å²) < 4.78 is 37.0. The molecule has 0 N–H and O–H groups in total. The summed E-state index contributed by atoms with van der Waals surface area (Å²) in [4.78, 5) is 2.30. The molecule has 0 atom stereocenters. The van der Waals surface area contributed by atoms with Gasteiger partial charge >= 0.3 is 3.93 Å². The first-order chi connectivity index (χ1) is 9.47. The zero-order valence-electron chi connectivity index (χ0n) is 11.1. The van der Waals surface area contributed by atoms with Gasteiger partial charge in [-0.1, -0.05) is 24.6 Å². The summed E-state index contributed by atoms with van der Waals surface area (Å²) in [5, 5.41) is 0. The largest absolute Gasteiger partial charge is 0.322 e. The molecule has 0 aliphatic carbocycles. The topological polar surface area (TPSA) is 3.24 Å². The lowest BCUT2D eigenvalue weighted by Gasteiger charge is -2.24. The van der Waals surface area contributed by atoms with Gasteiger partial charge in [0.1, 0.15) is 5.82 Å².